The van der Waals surface area contributed by atoms with Crippen LogP contribution in [-0.4, -0.2) is 95.9 Å². The van der Waals surface area contributed by atoms with E-state index in [0.29, 0.717) is 19.3 Å². The van der Waals surface area contributed by atoms with Crippen molar-refractivity contribution in [3.8, 4) is 0 Å². The fourth-order valence-corrected chi connectivity index (χ4v) is 11.9. The number of carbonyl (C=O) groups is 3. The maximum atomic E-state index is 12.9. The van der Waals surface area contributed by atoms with Crippen molar-refractivity contribution in [2.75, 3.05) is 39.6 Å². The van der Waals surface area contributed by atoms with E-state index < -0.39 is 91.5 Å². The molecule has 0 aliphatic carbocycles. The maximum absolute atomic E-state index is 12.9. The number of phosphoric ester groups is 2. The Kier molecular flexibility index (Phi) is 66.7. The third-order valence-corrected chi connectivity index (χ3v) is 17.8. The van der Waals surface area contributed by atoms with Gasteiger partial charge in [-0.1, -0.05) is 312 Å². The average Bonchev–Trinajstić information content (AvgIpc) is 2.91. The Balaban J connectivity index is 4.44. The summed E-state index contributed by atoms with van der Waals surface area (Å²) < 4.78 is 61.0. The summed E-state index contributed by atoms with van der Waals surface area (Å²) in [5, 5.41) is 20.6. The highest BCUT2D eigenvalue weighted by atomic mass is 31.2. The number of carbonyl (C=O) groups excluding carboxylic acids is 3. The number of rotatable bonds is 71. The van der Waals surface area contributed by atoms with Gasteiger partial charge in [-0.05, 0) is 70.6 Å². The first-order valence-electron chi connectivity index (χ1n) is 37.2. The van der Waals surface area contributed by atoms with Crippen LogP contribution in [0.3, 0.4) is 0 Å². The molecule has 542 valence electrons. The summed E-state index contributed by atoms with van der Waals surface area (Å²) in [5.74, 6) is -1.56. The van der Waals surface area contributed by atoms with E-state index in [0.717, 1.165) is 116 Å². The minimum absolute atomic E-state index is 0.113. The summed E-state index contributed by atoms with van der Waals surface area (Å²) in [4.78, 5) is 58.4. The molecule has 0 amide bonds. The van der Waals surface area contributed by atoms with Gasteiger partial charge in [-0.15, -0.1) is 0 Å². The number of aliphatic hydroxyl groups is 2. The number of allylic oxidation sites excluding steroid dienone is 12. The summed E-state index contributed by atoms with van der Waals surface area (Å²) in [6, 6.07) is 0. The summed E-state index contributed by atoms with van der Waals surface area (Å²) in [7, 11) is -9.76. The molecule has 93 heavy (non-hydrogen) atoms. The molecule has 0 heterocycles. The quantitative estimate of drug-likeness (QED) is 0.0146. The molecule has 0 saturated heterocycles. The topological polar surface area (TPSA) is 231 Å². The molecule has 18 heteroatoms. The van der Waals surface area contributed by atoms with Crippen LogP contribution in [0.5, 0.6) is 0 Å². The molecule has 0 spiro atoms. The molecule has 0 fully saturated rings. The Morgan fingerprint density at radius 2 is 0.570 bits per heavy atom. The van der Waals surface area contributed by atoms with Crippen LogP contribution in [0.4, 0.5) is 0 Å². The molecule has 0 aromatic rings. The second-order valence-electron chi connectivity index (χ2n) is 25.1. The van der Waals surface area contributed by atoms with Crippen molar-refractivity contribution >= 4 is 33.6 Å². The lowest BCUT2D eigenvalue weighted by Gasteiger charge is -2.21. The van der Waals surface area contributed by atoms with Gasteiger partial charge < -0.3 is 34.2 Å². The van der Waals surface area contributed by atoms with Crippen molar-refractivity contribution in [2.45, 2.75) is 347 Å². The molecule has 0 aromatic carbocycles. The molecule has 0 saturated carbocycles. The fourth-order valence-electron chi connectivity index (χ4n) is 10.3. The van der Waals surface area contributed by atoms with E-state index in [1.165, 1.54) is 154 Å². The summed E-state index contributed by atoms with van der Waals surface area (Å²) in [6.07, 6.45) is 73.8. The van der Waals surface area contributed by atoms with Crippen molar-refractivity contribution in [1.82, 2.24) is 0 Å². The van der Waals surface area contributed by atoms with E-state index in [2.05, 4.69) is 93.7 Å². The standard InChI is InChI=1S/C75H136O16P2/c1-4-7-10-13-16-19-22-25-27-28-29-30-31-32-33-34-35-36-37-38-39-40-42-45-46-49-52-55-58-61-73(78)85-64-70(76)65-87-92(81,82)88-66-71(77)67-89-93(83,84)90-69-72(91-75(80)63-60-57-54-51-48-43-24-21-18-15-12-9-6-3)68-86-74(79)62-59-56-53-50-47-44-41-26-23-20-17-14-11-8-5-2/h7,10,16,19,25,27,29-30,32-33,35-36,70-72,76-77H,4-6,8-9,11-15,17-18,20-24,26,28,31,34,37-69H2,1-3H3,(H,81,82)(H,83,84)/b10-7-,19-16-,27-25-,30-29-,33-32-,36-35-. The van der Waals surface area contributed by atoms with Gasteiger partial charge in [0, 0.05) is 19.3 Å². The third kappa shape index (κ3) is 70.1. The zero-order valence-electron chi connectivity index (χ0n) is 58.9. The van der Waals surface area contributed by atoms with Gasteiger partial charge in [0.25, 0.3) is 0 Å². The van der Waals surface area contributed by atoms with E-state index in [9.17, 15) is 43.5 Å². The minimum atomic E-state index is -4.91. The number of ether oxygens (including phenoxy) is 3. The Morgan fingerprint density at radius 3 is 0.903 bits per heavy atom. The molecule has 0 aromatic heterocycles. The molecular formula is C75H136O16P2. The van der Waals surface area contributed by atoms with Crippen LogP contribution in [0, 0.1) is 0 Å². The Morgan fingerprint density at radius 1 is 0.312 bits per heavy atom. The normalized spacial score (nSPS) is 14.5. The lowest BCUT2D eigenvalue weighted by Crippen LogP contribution is -2.30. The first-order chi connectivity index (χ1) is 45.2. The Hall–Kier alpha value is -3.01. The largest absolute Gasteiger partial charge is 0.472 e. The molecule has 4 N–H and O–H groups in total. The highest BCUT2D eigenvalue weighted by Gasteiger charge is 2.29. The van der Waals surface area contributed by atoms with Crippen LogP contribution in [0.1, 0.15) is 329 Å². The SMILES string of the molecule is CC/C=C\C/C=C\C/C=C\C/C=C\C/C=C\C/C=C\CCCCCCCCCCCCC(=O)OCC(O)COP(=O)(O)OCC(O)COP(=O)(O)OCC(COC(=O)CCCCCCCCCCCCCCCCC)OC(=O)CCCCCCCCCCCCCCC. The van der Waals surface area contributed by atoms with E-state index >= 15 is 0 Å². The lowest BCUT2D eigenvalue weighted by atomic mass is 10.0. The highest BCUT2D eigenvalue weighted by molar-refractivity contribution is 7.47. The maximum Gasteiger partial charge on any atom is 0.472 e. The second-order valence-corrected chi connectivity index (χ2v) is 28.0. The first kappa shape index (κ1) is 90.0. The van der Waals surface area contributed by atoms with Crippen LogP contribution in [-0.2, 0) is 55.8 Å². The van der Waals surface area contributed by atoms with Crippen LogP contribution >= 0.6 is 15.6 Å². The van der Waals surface area contributed by atoms with Crippen LogP contribution in [0.15, 0.2) is 72.9 Å². The first-order valence-corrected chi connectivity index (χ1v) is 40.2. The van der Waals surface area contributed by atoms with Gasteiger partial charge in [-0.25, -0.2) is 9.13 Å². The van der Waals surface area contributed by atoms with Gasteiger partial charge in [0.15, 0.2) is 6.10 Å². The predicted molar refractivity (Wildman–Crippen MR) is 381 cm³/mol. The van der Waals surface area contributed by atoms with Crippen LogP contribution < -0.4 is 0 Å². The monoisotopic (exact) mass is 1350 g/mol. The van der Waals surface area contributed by atoms with E-state index in [-0.39, 0.29) is 19.3 Å². The molecule has 0 aliphatic rings. The zero-order chi connectivity index (χ0) is 68.1. The minimum Gasteiger partial charge on any atom is -0.463 e. The highest BCUT2D eigenvalue weighted by Crippen LogP contribution is 2.45. The Bertz CT molecular complexity index is 1990. The second kappa shape index (κ2) is 68.9. The van der Waals surface area contributed by atoms with Gasteiger partial charge in [0.2, 0.25) is 0 Å². The van der Waals surface area contributed by atoms with Crippen molar-refractivity contribution in [1.29, 1.82) is 0 Å². The average molecular weight is 1360 g/mol. The summed E-state index contributed by atoms with van der Waals surface area (Å²) in [6.45, 7) is 2.61. The zero-order valence-corrected chi connectivity index (χ0v) is 60.7. The van der Waals surface area contributed by atoms with Crippen molar-refractivity contribution < 1.29 is 75.8 Å². The van der Waals surface area contributed by atoms with Crippen LogP contribution in [0.2, 0.25) is 0 Å². The molecule has 0 rings (SSSR count). The number of hydrogen-bond acceptors (Lipinski definition) is 14. The number of hydrogen-bond donors (Lipinski definition) is 4. The molecule has 5 atom stereocenters. The molecule has 16 nitrogen and oxygen atoms in total. The van der Waals surface area contributed by atoms with Gasteiger partial charge in [0.05, 0.1) is 26.4 Å². The van der Waals surface area contributed by atoms with E-state index in [4.69, 9.17) is 32.3 Å². The summed E-state index contributed by atoms with van der Waals surface area (Å²) in [5.41, 5.74) is 0. The van der Waals surface area contributed by atoms with E-state index in [1.54, 1.807) is 0 Å². The predicted octanol–water partition coefficient (Wildman–Crippen LogP) is 21.1. The lowest BCUT2D eigenvalue weighted by molar-refractivity contribution is -0.161. The molecule has 0 radical (unpaired) electrons. The molecule has 0 aliphatic heterocycles. The molecule has 5 unspecified atom stereocenters. The van der Waals surface area contributed by atoms with Crippen LogP contribution in [0.25, 0.3) is 0 Å². The van der Waals surface area contributed by atoms with Crippen molar-refractivity contribution in [3.05, 3.63) is 72.9 Å². The number of aliphatic hydroxyl groups excluding tert-OH is 2. The number of phosphoric acid groups is 2. The summed E-state index contributed by atoms with van der Waals surface area (Å²) >= 11 is 0. The molecular weight excluding hydrogens is 1220 g/mol. The Labute approximate surface area is 566 Å². The molecule has 0 bridgehead atoms. The number of esters is 3. The van der Waals surface area contributed by atoms with Gasteiger partial charge >= 0.3 is 33.6 Å². The van der Waals surface area contributed by atoms with Gasteiger partial charge in [-0.2, -0.15) is 0 Å². The van der Waals surface area contributed by atoms with Crippen molar-refractivity contribution in [2.24, 2.45) is 0 Å². The van der Waals surface area contributed by atoms with E-state index in [1.807, 2.05) is 0 Å². The smallest absolute Gasteiger partial charge is 0.463 e. The fraction of sp³-hybridized carbons (Fsp3) is 0.800. The van der Waals surface area contributed by atoms with Gasteiger partial charge in [-0.3, -0.25) is 32.5 Å². The third-order valence-electron chi connectivity index (χ3n) is 15.9. The van der Waals surface area contributed by atoms with Crippen molar-refractivity contribution in [3.63, 3.8) is 0 Å². The van der Waals surface area contributed by atoms with Gasteiger partial charge in [0.1, 0.15) is 25.4 Å². The number of unbranched alkanes of at least 4 members (excludes halogenated alkanes) is 36.